The molecule has 3 heteroatoms. The highest BCUT2D eigenvalue weighted by molar-refractivity contribution is 8.00. The van der Waals surface area contributed by atoms with E-state index in [0.717, 1.165) is 17.3 Å². The van der Waals surface area contributed by atoms with Crippen molar-refractivity contribution in [3.05, 3.63) is 0 Å². The zero-order valence-corrected chi connectivity index (χ0v) is 10.9. The second kappa shape index (κ2) is 5.55. The minimum Gasteiger partial charge on any atom is -0.312 e. The van der Waals surface area contributed by atoms with Crippen molar-refractivity contribution in [1.29, 1.82) is 0 Å². The van der Waals surface area contributed by atoms with E-state index in [1.54, 1.807) is 0 Å². The van der Waals surface area contributed by atoms with Gasteiger partial charge in [0.05, 0.1) is 0 Å². The third-order valence-electron chi connectivity index (χ3n) is 3.76. The van der Waals surface area contributed by atoms with E-state index < -0.39 is 0 Å². The Morgan fingerprint density at radius 3 is 2.93 bits per heavy atom. The maximum Gasteiger partial charge on any atom is 0.0217 e. The molecule has 15 heavy (non-hydrogen) atoms. The summed E-state index contributed by atoms with van der Waals surface area (Å²) < 4.78 is 0. The van der Waals surface area contributed by atoms with E-state index in [1.807, 2.05) is 0 Å². The van der Waals surface area contributed by atoms with Crippen molar-refractivity contribution in [3.8, 4) is 0 Å². The molecule has 2 nitrogen and oxygen atoms in total. The first-order valence-electron chi connectivity index (χ1n) is 6.31. The Labute approximate surface area is 98.2 Å². The van der Waals surface area contributed by atoms with E-state index in [0.29, 0.717) is 0 Å². The fourth-order valence-electron chi connectivity index (χ4n) is 2.66. The van der Waals surface area contributed by atoms with Gasteiger partial charge in [-0.25, -0.2) is 0 Å². The van der Waals surface area contributed by atoms with E-state index in [-0.39, 0.29) is 0 Å². The predicted octanol–water partition coefficient (Wildman–Crippen LogP) is 1.95. The van der Waals surface area contributed by atoms with Crippen LogP contribution in [-0.2, 0) is 0 Å². The maximum absolute atomic E-state index is 3.75. The molecule has 0 spiro atoms. The Kier molecular flexibility index (Phi) is 4.35. The van der Waals surface area contributed by atoms with Crippen LogP contribution in [-0.4, -0.2) is 48.1 Å². The van der Waals surface area contributed by atoms with Crippen LogP contribution in [0.15, 0.2) is 0 Å². The highest BCUT2D eigenvalue weighted by Crippen LogP contribution is 2.26. The van der Waals surface area contributed by atoms with Gasteiger partial charge in [0, 0.05) is 29.6 Å². The van der Waals surface area contributed by atoms with Gasteiger partial charge in [-0.2, -0.15) is 11.8 Å². The maximum atomic E-state index is 3.75. The van der Waals surface area contributed by atoms with E-state index in [1.165, 1.54) is 44.5 Å². The Bertz CT molecular complexity index is 198. The second-order valence-electron chi connectivity index (χ2n) is 5.12. The quantitative estimate of drug-likeness (QED) is 0.795. The first kappa shape index (κ1) is 11.7. The molecule has 0 radical (unpaired) electrons. The van der Waals surface area contributed by atoms with Gasteiger partial charge in [0.2, 0.25) is 0 Å². The summed E-state index contributed by atoms with van der Waals surface area (Å²) in [6.07, 6.45) is 5.57. The van der Waals surface area contributed by atoms with E-state index in [9.17, 15) is 0 Å². The van der Waals surface area contributed by atoms with Gasteiger partial charge in [-0.3, -0.25) is 0 Å². The van der Waals surface area contributed by atoms with Gasteiger partial charge in [0.15, 0.2) is 0 Å². The Hall–Kier alpha value is 0.270. The van der Waals surface area contributed by atoms with Crippen molar-refractivity contribution >= 4 is 11.8 Å². The molecule has 0 amide bonds. The molecular weight excluding hydrogens is 204 g/mol. The smallest absolute Gasteiger partial charge is 0.0217 e. The zero-order valence-electron chi connectivity index (χ0n) is 10.0. The fourth-order valence-corrected chi connectivity index (χ4v) is 3.85. The molecular formula is C12H24N2S. The molecule has 2 saturated heterocycles. The summed E-state index contributed by atoms with van der Waals surface area (Å²) in [5.74, 6) is 1.32. The molecule has 0 aromatic heterocycles. The first-order chi connectivity index (χ1) is 7.25. The minimum atomic E-state index is 0.778. The number of nitrogens with zero attached hydrogens (tertiary/aromatic N) is 1. The molecule has 2 aliphatic rings. The molecule has 2 heterocycles. The highest BCUT2D eigenvalue weighted by atomic mass is 32.2. The lowest BCUT2D eigenvalue weighted by Crippen LogP contribution is -2.45. The normalized spacial score (nSPS) is 38.4. The molecule has 3 atom stereocenters. The summed E-state index contributed by atoms with van der Waals surface area (Å²) in [5.41, 5.74) is 0. The molecule has 0 saturated carbocycles. The van der Waals surface area contributed by atoms with Gasteiger partial charge in [-0.1, -0.05) is 13.3 Å². The number of likely N-dealkylation sites (tertiary alicyclic amines) is 1. The molecule has 2 rings (SSSR count). The van der Waals surface area contributed by atoms with Crippen molar-refractivity contribution in [2.24, 2.45) is 0 Å². The standard InChI is InChI=1S/C12H24N2S/c1-10-7-11(9-15-10)13-8-12-5-3-4-6-14(12)2/h10-13H,3-9H2,1-2H3. The summed E-state index contributed by atoms with van der Waals surface area (Å²) in [7, 11) is 2.28. The van der Waals surface area contributed by atoms with Gasteiger partial charge in [0.1, 0.15) is 0 Å². The summed E-state index contributed by atoms with van der Waals surface area (Å²) in [6, 6.07) is 1.57. The van der Waals surface area contributed by atoms with Gasteiger partial charge in [0.25, 0.3) is 0 Å². The van der Waals surface area contributed by atoms with Crippen LogP contribution >= 0.6 is 11.8 Å². The van der Waals surface area contributed by atoms with Gasteiger partial charge >= 0.3 is 0 Å². The van der Waals surface area contributed by atoms with Crippen LogP contribution in [0.3, 0.4) is 0 Å². The molecule has 2 aliphatic heterocycles. The largest absolute Gasteiger partial charge is 0.312 e. The van der Waals surface area contributed by atoms with E-state index in [2.05, 4.69) is 35.9 Å². The molecule has 3 unspecified atom stereocenters. The van der Waals surface area contributed by atoms with Crippen LogP contribution in [0, 0.1) is 0 Å². The van der Waals surface area contributed by atoms with Crippen LogP contribution in [0.5, 0.6) is 0 Å². The molecule has 0 aromatic rings. The number of likely N-dealkylation sites (N-methyl/N-ethyl adjacent to an activating group) is 1. The number of nitrogens with one attached hydrogen (secondary N) is 1. The van der Waals surface area contributed by atoms with Crippen molar-refractivity contribution in [2.45, 2.75) is 49.9 Å². The Morgan fingerprint density at radius 2 is 2.27 bits per heavy atom. The lowest BCUT2D eigenvalue weighted by molar-refractivity contribution is 0.178. The Morgan fingerprint density at radius 1 is 1.40 bits per heavy atom. The zero-order chi connectivity index (χ0) is 10.7. The summed E-state index contributed by atoms with van der Waals surface area (Å²) >= 11 is 2.12. The monoisotopic (exact) mass is 228 g/mol. The first-order valence-corrected chi connectivity index (χ1v) is 7.36. The number of rotatable bonds is 3. The van der Waals surface area contributed by atoms with Crippen LogP contribution in [0.4, 0.5) is 0 Å². The highest BCUT2D eigenvalue weighted by Gasteiger charge is 2.24. The number of hydrogen-bond donors (Lipinski definition) is 1. The average molecular weight is 228 g/mol. The molecule has 0 aromatic carbocycles. The molecule has 88 valence electrons. The summed E-state index contributed by atoms with van der Waals surface area (Å²) in [5, 5.41) is 4.62. The fraction of sp³-hybridized carbons (Fsp3) is 1.00. The Balaban J connectivity index is 1.68. The van der Waals surface area contributed by atoms with E-state index >= 15 is 0 Å². The minimum absolute atomic E-state index is 0.778. The molecule has 2 fully saturated rings. The number of thioether (sulfide) groups is 1. The topological polar surface area (TPSA) is 15.3 Å². The molecule has 0 bridgehead atoms. The lowest BCUT2D eigenvalue weighted by Gasteiger charge is -2.33. The van der Waals surface area contributed by atoms with Gasteiger partial charge in [-0.05, 0) is 32.9 Å². The third kappa shape index (κ3) is 3.36. The van der Waals surface area contributed by atoms with Crippen molar-refractivity contribution in [2.75, 3.05) is 25.9 Å². The van der Waals surface area contributed by atoms with Crippen LogP contribution < -0.4 is 5.32 Å². The van der Waals surface area contributed by atoms with Crippen molar-refractivity contribution < 1.29 is 0 Å². The second-order valence-corrected chi connectivity index (χ2v) is 6.59. The SMILES string of the molecule is CC1CC(NCC2CCCCN2C)CS1. The van der Waals surface area contributed by atoms with Crippen LogP contribution in [0.2, 0.25) is 0 Å². The third-order valence-corrected chi connectivity index (χ3v) is 5.12. The predicted molar refractivity (Wildman–Crippen MR) is 68.6 cm³/mol. The molecule has 0 aliphatic carbocycles. The average Bonchev–Trinajstić information content (AvgIpc) is 2.63. The van der Waals surface area contributed by atoms with Gasteiger partial charge < -0.3 is 10.2 Å². The summed E-state index contributed by atoms with van der Waals surface area (Å²) in [6.45, 7) is 4.84. The van der Waals surface area contributed by atoms with Crippen molar-refractivity contribution in [3.63, 3.8) is 0 Å². The number of hydrogen-bond acceptors (Lipinski definition) is 3. The lowest BCUT2D eigenvalue weighted by atomic mass is 10.0. The van der Waals surface area contributed by atoms with Gasteiger partial charge in [-0.15, -0.1) is 0 Å². The van der Waals surface area contributed by atoms with Crippen LogP contribution in [0.25, 0.3) is 0 Å². The van der Waals surface area contributed by atoms with E-state index in [4.69, 9.17) is 0 Å². The van der Waals surface area contributed by atoms with Crippen molar-refractivity contribution in [1.82, 2.24) is 10.2 Å². The summed E-state index contributed by atoms with van der Waals surface area (Å²) in [4.78, 5) is 2.53. The number of piperidine rings is 1. The molecule has 1 N–H and O–H groups in total. The van der Waals surface area contributed by atoms with Crippen LogP contribution in [0.1, 0.15) is 32.6 Å².